The summed E-state index contributed by atoms with van der Waals surface area (Å²) in [6.07, 6.45) is -3.83. The molecule has 0 heterocycles. The van der Waals surface area contributed by atoms with Crippen LogP contribution in [0.1, 0.15) is 44.7 Å². The minimum Gasteiger partial charge on any atom is -0.368 e. The van der Waals surface area contributed by atoms with Gasteiger partial charge in [0.2, 0.25) is 11.8 Å². The highest BCUT2D eigenvalue weighted by Gasteiger charge is 2.51. The summed E-state index contributed by atoms with van der Waals surface area (Å²) in [5.74, 6) is -1.74. The van der Waals surface area contributed by atoms with E-state index in [1.165, 1.54) is 36.4 Å². The predicted molar refractivity (Wildman–Crippen MR) is 130 cm³/mol. The number of carbonyl (C=O) groups excluding carboxylic acids is 2. The minimum absolute atomic E-state index is 0.110. The SMILES string of the molecule is CC(C)(F)C[C@H](N[C@@H](c1ccc(-c2ccc(S(C)(=O)=O)cc2)cc1)C(F)(F)F)C(=O)NC1(C(N)=O)CC1. The lowest BCUT2D eigenvalue weighted by atomic mass is 9.96. The monoisotopic (exact) mass is 543 g/mol. The molecule has 0 saturated heterocycles. The van der Waals surface area contributed by atoms with Crippen LogP contribution in [-0.2, 0) is 19.4 Å². The third-order valence-electron chi connectivity index (χ3n) is 6.15. The zero-order valence-electron chi connectivity index (χ0n) is 20.5. The van der Waals surface area contributed by atoms with Crippen molar-refractivity contribution in [1.82, 2.24) is 10.6 Å². The Morgan fingerprint density at radius 1 is 0.973 bits per heavy atom. The first-order valence-electron chi connectivity index (χ1n) is 11.5. The van der Waals surface area contributed by atoms with E-state index in [4.69, 9.17) is 5.73 Å². The van der Waals surface area contributed by atoms with Crippen molar-refractivity contribution in [3.8, 4) is 11.1 Å². The standard InChI is InChI=1S/C25H29F4N3O4S/c1-23(2,26)14-19(21(33)32-24(12-13-24)22(30)34)31-20(25(27,28)29)17-6-4-15(5-7-17)16-8-10-18(11-9-16)37(3,35)36/h4-11,19-20,31H,12-14H2,1-3H3,(H2,30,34)(H,32,33)/t19-,20-/m0/s1. The summed E-state index contributed by atoms with van der Waals surface area (Å²) in [6.45, 7) is 2.28. The number of nitrogens with two attached hydrogens (primary N) is 1. The van der Waals surface area contributed by atoms with E-state index < -0.39 is 57.5 Å². The maximum absolute atomic E-state index is 14.5. The Labute approximate surface area is 212 Å². The van der Waals surface area contributed by atoms with Gasteiger partial charge in [-0.3, -0.25) is 14.9 Å². The predicted octanol–water partition coefficient (Wildman–Crippen LogP) is 3.59. The van der Waals surface area contributed by atoms with Gasteiger partial charge in [0, 0.05) is 12.7 Å². The fraction of sp³-hybridized carbons (Fsp3) is 0.440. The number of rotatable bonds is 10. The van der Waals surface area contributed by atoms with Crippen molar-refractivity contribution in [3.05, 3.63) is 54.1 Å². The molecule has 3 rings (SSSR count). The maximum Gasteiger partial charge on any atom is 0.407 e. The molecule has 12 heteroatoms. The molecule has 0 aromatic heterocycles. The Balaban J connectivity index is 1.87. The highest BCUT2D eigenvalue weighted by atomic mass is 32.2. The molecule has 0 aliphatic heterocycles. The topological polar surface area (TPSA) is 118 Å². The van der Waals surface area contributed by atoms with Crippen LogP contribution in [0.2, 0.25) is 0 Å². The first-order valence-corrected chi connectivity index (χ1v) is 13.3. The number of hydrogen-bond donors (Lipinski definition) is 3. The van der Waals surface area contributed by atoms with E-state index in [0.29, 0.717) is 11.1 Å². The lowest BCUT2D eigenvalue weighted by molar-refractivity contribution is -0.162. The second kappa shape index (κ2) is 10.1. The average molecular weight is 544 g/mol. The number of alkyl halides is 4. The van der Waals surface area contributed by atoms with Gasteiger partial charge in [0.05, 0.1) is 10.9 Å². The molecule has 1 aliphatic rings. The van der Waals surface area contributed by atoms with Crippen LogP contribution in [0.25, 0.3) is 11.1 Å². The number of halogens is 4. The summed E-state index contributed by atoms with van der Waals surface area (Å²) < 4.78 is 80.1. The van der Waals surface area contributed by atoms with Crippen LogP contribution in [0, 0.1) is 0 Å². The van der Waals surface area contributed by atoms with Crippen molar-refractivity contribution in [1.29, 1.82) is 0 Å². The van der Waals surface area contributed by atoms with E-state index in [1.807, 2.05) is 0 Å². The first-order chi connectivity index (χ1) is 16.9. The molecule has 7 nitrogen and oxygen atoms in total. The van der Waals surface area contributed by atoms with Gasteiger partial charge < -0.3 is 11.1 Å². The summed E-state index contributed by atoms with van der Waals surface area (Å²) >= 11 is 0. The number of amides is 2. The van der Waals surface area contributed by atoms with Crippen molar-refractivity contribution >= 4 is 21.7 Å². The van der Waals surface area contributed by atoms with Gasteiger partial charge in [0.15, 0.2) is 9.84 Å². The Bertz CT molecular complexity index is 1250. The highest BCUT2D eigenvalue weighted by Crippen LogP contribution is 2.37. The first kappa shape index (κ1) is 28.6. The molecule has 0 unspecified atom stereocenters. The Morgan fingerprint density at radius 3 is 1.84 bits per heavy atom. The van der Waals surface area contributed by atoms with E-state index in [9.17, 15) is 35.6 Å². The Kier molecular flexibility index (Phi) is 7.76. The summed E-state index contributed by atoms with van der Waals surface area (Å²) in [5, 5.41) is 4.63. The van der Waals surface area contributed by atoms with Gasteiger partial charge in [0.1, 0.15) is 17.2 Å². The molecule has 1 aliphatic carbocycles. The van der Waals surface area contributed by atoms with Gasteiger partial charge in [-0.15, -0.1) is 0 Å². The van der Waals surface area contributed by atoms with E-state index in [2.05, 4.69) is 10.6 Å². The van der Waals surface area contributed by atoms with Gasteiger partial charge in [0.25, 0.3) is 0 Å². The van der Waals surface area contributed by atoms with E-state index in [-0.39, 0.29) is 23.3 Å². The van der Waals surface area contributed by atoms with Crippen molar-refractivity contribution in [2.45, 2.75) is 67.5 Å². The quantitative estimate of drug-likeness (QED) is 0.396. The van der Waals surface area contributed by atoms with Gasteiger partial charge in [-0.1, -0.05) is 36.4 Å². The minimum atomic E-state index is -4.83. The molecule has 202 valence electrons. The van der Waals surface area contributed by atoms with Crippen LogP contribution >= 0.6 is 0 Å². The summed E-state index contributed by atoms with van der Waals surface area (Å²) in [4.78, 5) is 24.6. The van der Waals surface area contributed by atoms with E-state index >= 15 is 0 Å². The molecule has 0 spiro atoms. The van der Waals surface area contributed by atoms with Gasteiger partial charge in [-0.05, 0) is 55.5 Å². The summed E-state index contributed by atoms with van der Waals surface area (Å²) in [5.41, 5.74) is 2.91. The Morgan fingerprint density at radius 2 is 1.46 bits per heavy atom. The molecule has 2 amide bonds. The molecule has 2 aromatic carbocycles. The van der Waals surface area contributed by atoms with Gasteiger partial charge >= 0.3 is 6.18 Å². The second-order valence-corrected chi connectivity index (χ2v) is 12.0. The van der Waals surface area contributed by atoms with Crippen LogP contribution < -0.4 is 16.4 Å². The lowest BCUT2D eigenvalue weighted by Gasteiger charge is -2.30. The Hall–Kier alpha value is -2.99. The maximum atomic E-state index is 14.5. The van der Waals surface area contributed by atoms with Crippen molar-refractivity contribution in [3.63, 3.8) is 0 Å². The molecular weight excluding hydrogens is 514 g/mol. The smallest absolute Gasteiger partial charge is 0.368 e. The highest BCUT2D eigenvalue weighted by molar-refractivity contribution is 7.90. The van der Waals surface area contributed by atoms with Crippen LogP contribution in [0.15, 0.2) is 53.4 Å². The average Bonchev–Trinajstić information content (AvgIpc) is 3.55. The number of primary amides is 1. The van der Waals surface area contributed by atoms with Gasteiger partial charge in [-0.2, -0.15) is 13.2 Å². The molecule has 0 bridgehead atoms. The largest absolute Gasteiger partial charge is 0.407 e. The van der Waals surface area contributed by atoms with Crippen molar-refractivity contribution in [2.24, 2.45) is 5.73 Å². The van der Waals surface area contributed by atoms with E-state index in [1.54, 1.807) is 12.1 Å². The second-order valence-electron chi connectivity index (χ2n) is 9.97. The zero-order valence-corrected chi connectivity index (χ0v) is 21.3. The fourth-order valence-electron chi connectivity index (χ4n) is 3.94. The molecule has 0 radical (unpaired) electrons. The number of hydrogen-bond acceptors (Lipinski definition) is 5. The molecule has 2 aromatic rings. The van der Waals surface area contributed by atoms with Crippen molar-refractivity contribution < 1.29 is 35.6 Å². The number of sulfone groups is 1. The third kappa shape index (κ3) is 7.29. The van der Waals surface area contributed by atoms with Crippen LogP contribution in [0.3, 0.4) is 0 Å². The number of nitrogens with one attached hydrogen (secondary N) is 2. The summed E-state index contributed by atoms with van der Waals surface area (Å²) in [7, 11) is -3.40. The number of carbonyl (C=O) groups is 2. The van der Waals surface area contributed by atoms with Crippen LogP contribution in [0.5, 0.6) is 0 Å². The zero-order chi connectivity index (χ0) is 27.8. The lowest BCUT2D eigenvalue weighted by Crippen LogP contribution is -2.56. The number of benzene rings is 2. The molecule has 4 N–H and O–H groups in total. The van der Waals surface area contributed by atoms with Gasteiger partial charge in [-0.25, -0.2) is 12.8 Å². The van der Waals surface area contributed by atoms with Crippen molar-refractivity contribution in [2.75, 3.05) is 6.26 Å². The molecule has 1 fully saturated rings. The van der Waals surface area contributed by atoms with Crippen LogP contribution in [-0.4, -0.2) is 49.9 Å². The normalized spacial score (nSPS) is 17.1. The van der Waals surface area contributed by atoms with Crippen LogP contribution in [0.4, 0.5) is 17.6 Å². The molecule has 1 saturated carbocycles. The molecule has 2 atom stereocenters. The molecular formula is C25H29F4N3O4S. The molecule has 37 heavy (non-hydrogen) atoms. The summed E-state index contributed by atoms with van der Waals surface area (Å²) in [6, 6.07) is 7.30. The fourth-order valence-corrected chi connectivity index (χ4v) is 4.57. The van der Waals surface area contributed by atoms with E-state index in [0.717, 1.165) is 20.1 Å². The third-order valence-corrected chi connectivity index (χ3v) is 7.27.